The molecule has 0 aromatic heterocycles. The summed E-state index contributed by atoms with van der Waals surface area (Å²) in [5, 5.41) is 9.13. The first-order valence-electron chi connectivity index (χ1n) is 8.67. The van der Waals surface area contributed by atoms with E-state index in [0.717, 1.165) is 6.54 Å². The van der Waals surface area contributed by atoms with E-state index in [9.17, 15) is 4.79 Å². The molecule has 0 aliphatic rings. The van der Waals surface area contributed by atoms with Gasteiger partial charge in [0, 0.05) is 19.1 Å². The Bertz CT molecular complexity index is 538. The van der Waals surface area contributed by atoms with E-state index in [1.807, 2.05) is 39.0 Å². The summed E-state index contributed by atoms with van der Waals surface area (Å²) >= 11 is 0. The van der Waals surface area contributed by atoms with Gasteiger partial charge < -0.3 is 20.7 Å². The fourth-order valence-electron chi connectivity index (χ4n) is 2.13. The SMILES string of the molecule is CN=C(NCC(=O)NC(C)(C)C)NCC(C)COCc1ccccc1. The fourth-order valence-corrected chi connectivity index (χ4v) is 2.13. The molecule has 25 heavy (non-hydrogen) atoms. The second kappa shape index (κ2) is 10.7. The molecule has 1 atom stereocenters. The molecule has 0 bridgehead atoms. The summed E-state index contributed by atoms with van der Waals surface area (Å²) < 4.78 is 5.74. The molecular formula is C19H32N4O2. The van der Waals surface area contributed by atoms with Crippen molar-refractivity contribution in [3.63, 3.8) is 0 Å². The van der Waals surface area contributed by atoms with Crippen LogP contribution in [0.25, 0.3) is 0 Å². The van der Waals surface area contributed by atoms with Gasteiger partial charge in [-0.1, -0.05) is 37.3 Å². The minimum Gasteiger partial charge on any atom is -0.376 e. The van der Waals surface area contributed by atoms with Gasteiger partial charge in [0.1, 0.15) is 0 Å². The van der Waals surface area contributed by atoms with E-state index in [1.165, 1.54) is 5.56 Å². The second-order valence-electron chi connectivity index (χ2n) is 7.21. The zero-order valence-electron chi connectivity index (χ0n) is 16.1. The lowest BCUT2D eigenvalue weighted by Gasteiger charge is -2.21. The smallest absolute Gasteiger partial charge is 0.239 e. The minimum atomic E-state index is -0.236. The third-order valence-corrected chi connectivity index (χ3v) is 3.29. The van der Waals surface area contributed by atoms with Gasteiger partial charge in [-0.15, -0.1) is 0 Å². The molecule has 1 amide bonds. The standard InChI is InChI=1S/C19H32N4O2/c1-15(13-25-14-16-9-7-6-8-10-16)11-21-18(20-5)22-12-17(24)23-19(2,3)4/h6-10,15H,11-14H2,1-5H3,(H,23,24)(H2,20,21,22). The number of hydrogen-bond acceptors (Lipinski definition) is 3. The summed E-state index contributed by atoms with van der Waals surface area (Å²) in [7, 11) is 1.69. The molecule has 0 saturated heterocycles. The van der Waals surface area contributed by atoms with Crippen molar-refractivity contribution in [2.45, 2.75) is 39.8 Å². The Labute approximate surface area is 151 Å². The van der Waals surface area contributed by atoms with Crippen LogP contribution in [0.2, 0.25) is 0 Å². The molecule has 0 aliphatic carbocycles. The topological polar surface area (TPSA) is 74.8 Å². The molecule has 1 aromatic rings. The molecule has 3 N–H and O–H groups in total. The summed E-state index contributed by atoms with van der Waals surface area (Å²) in [6.07, 6.45) is 0. The lowest BCUT2D eigenvalue weighted by molar-refractivity contribution is -0.121. The minimum absolute atomic E-state index is 0.0605. The van der Waals surface area contributed by atoms with Crippen LogP contribution in [0.15, 0.2) is 35.3 Å². The van der Waals surface area contributed by atoms with Crippen LogP contribution in [0.4, 0.5) is 0 Å². The third kappa shape index (κ3) is 10.4. The van der Waals surface area contributed by atoms with E-state index in [1.54, 1.807) is 7.05 Å². The summed E-state index contributed by atoms with van der Waals surface area (Å²) in [5.74, 6) is 0.874. The summed E-state index contributed by atoms with van der Waals surface area (Å²) in [4.78, 5) is 15.9. The molecule has 0 saturated carbocycles. The molecule has 6 nitrogen and oxygen atoms in total. The summed E-state index contributed by atoms with van der Waals surface area (Å²) in [5.41, 5.74) is 0.935. The van der Waals surface area contributed by atoms with E-state index in [4.69, 9.17) is 4.74 Å². The molecule has 0 fully saturated rings. The molecule has 0 heterocycles. The van der Waals surface area contributed by atoms with Crippen molar-refractivity contribution in [3.8, 4) is 0 Å². The number of benzene rings is 1. The number of rotatable bonds is 8. The van der Waals surface area contributed by atoms with Gasteiger partial charge in [0.15, 0.2) is 5.96 Å². The zero-order valence-corrected chi connectivity index (χ0v) is 16.1. The first-order valence-corrected chi connectivity index (χ1v) is 8.67. The van der Waals surface area contributed by atoms with Gasteiger partial charge in [-0.25, -0.2) is 0 Å². The van der Waals surface area contributed by atoms with Crippen molar-refractivity contribution in [2.24, 2.45) is 10.9 Å². The van der Waals surface area contributed by atoms with E-state index in [0.29, 0.717) is 25.1 Å². The van der Waals surface area contributed by atoms with Gasteiger partial charge in [-0.05, 0) is 32.3 Å². The lowest BCUT2D eigenvalue weighted by atomic mass is 10.1. The molecule has 1 unspecified atom stereocenters. The number of ether oxygens (including phenoxy) is 1. The van der Waals surface area contributed by atoms with Crippen molar-refractivity contribution in [1.82, 2.24) is 16.0 Å². The van der Waals surface area contributed by atoms with Crippen LogP contribution < -0.4 is 16.0 Å². The van der Waals surface area contributed by atoms with Gasteiger partial charge >= 0.3 is 0 Å². The Hall–Kier alpha value is -2.08. The number of hydrogen-bond donors (Lipinski definition) is 3. The van der Waals surface area contributed by atoms with E-state index < -0.39 is 0 Å². The Kier molecular flexibility index (Phi) is 8.99. The maximum Gasteiger partial charge on any atom is 0.239 e. The van der Waals surface area contributed by atoms with Crippen molar-refractivity contribution in [3.05, 3.63) is 35.9 Å². The Morgan fingerprint density at radius 3 is 2.48 bits per heavy atom. The van der Waals surface area contributed by atoms with Crippen LogP contribution in [0.5, 0.6) is 0 Å². The van der Waals surface area contributed by atoms with Crippen LogP contribution in [-0.4, -0.2) is 44.1 Å². The average Bonchev–Trinajstić information content (AvgIpc) is 2.54. The molecule has 0 radical (unpaired) electrons. The lowest BCUT2D eigenvalue weighted by Crippen LogP contribution is -2.48. The number of nitrogens with one attached hydrogen (secondary N) is 3. The second-order valence-corrected chi connectivity index (χ2v) is 7.21. The van der Waals surface area contributed by atoms with Crippen molar-refractivity contribution < 1.29 is 9.53 Å². The molecule has 6 heteroatoms. The third-order valence-electron chi connectivity index (χ3n) is 3.29. The normalized spacial score (nSPS) is 13.2. The van der Waals surface area contributed by atoms with Gasteiger partial charge in [0.2, 0.25) is 5.91 Å². The maximum absolute atomic E-state index is 11.8. The first kappa shape index (κ1) is 21.0. The van der Waals surface area contributed by atoms with Crippen molar-refractivity contribution in [1.29, 1.82) is 0 Å². The predicted molar refractivity (Wildman–Crippen MR) is 103 cm³/mol. The zero-order chi connectivity index (χ0) is 18.7. The van der Waals surface area contributed by atoms with E-state index in [2.05, 4.69) is 40.0 Å². The highest BCUT2D eigenvalue weighted by Crippen LogP contribution is 2.02. The Morgan fingerprint density at radius 2 is 1.88 bits per heavy atom. The van der Waals surface area contributed by atoms with Gasteiger partial charge in [-0.2, -0.15) is 0 Å². The van der Waals surface area contributed by atoms with E-state index >= 15 is 0 Å². The Balaban J connectivity index is 2.21. The summed E-state index contributed by atoms with van der Waals surface area (Å²) in [6, 6.07) is 10.1. The van der Waals surface area contributed by atoms with Crippen molar-refractivity contribution >= 4 is 11.9 Å². The van der Waals surface area contributed by atoms with Crippen molar-refractivity contribution in [2.75, 3.05) is 26.7 Å². The molecule has 1 rings (SSSR count). The number of carbonyl (C=O) groups is 1. The molecule has 140 valence electrons. The number of aliphatic imine (C=N–C) groups is 1. The number of guanidine groups is 1. The van der Waals surface area contributed by atoms with Crippen LogP contribution in [0, 0.1) is 5.92 Å². The highest BCUT2D eigenvalue weighted by Gasteiger charge is 2.13. The summed E-state index contributed by atoms with van der Waals surface area (Å²) in [6.45, 7) is 10.1. The average molecular weight is 348 g/mol. The van der Waals surface area contributed by atoms with Crippen LogP contribution in [0.3, 0.4) is 0 Å². The quantitative estimate of drug-likeness (QED) is 0.496. The van der Waals surface area contributed by atoms with Gasteiger partial charge in [0.25, 0.3) is 0 Å². The van der Waals surface area contributed by atoms with Crippen LogP contribution in [0.1, 0.15) is 33.3 Å². The molecule has 1 aromatic carbocycles. The Morgan fingerprint density at radius 1 is 1.20 bits per heavy atom. The number of carbonyl (C=O) groups excluding carboxylic acids is 1. The van der Waals surface area contributed by atoms with Gasteiger partial charge in [0.05, 0.1) is 19.8 Å². The maximum atomic E-state index is 11.8. The highest BCUT2D eigenvalue weighted by atomic mass is 16.5. The number of amides is 1. The highest BCUT2D eigenvalue weighted by molar-refractivity contribution is 5.86. The molecule has 0 spiro atoms. The monoisotopic (exact) mass is 348 g/mol. The molecular weight excluding hydrogens is 316 g/mol. The van der Waals surface area contributed by atoms with E-state index in [-0.39, 0.29) is 18.0 Å². The van der Waals surface area contributed by atoms with Crippen LogP contribution >= 0.6 is 0 Å². The number of nitrogens with zero attached hydrogens (tertiary/aromatic N) is 1. The molecule has 0 aliphatic heterocycles. The first-order chi connectivity index (χ1) is 11.8. The fraction of sp³-hybridized carbons (Fsp3) is 0.579. The predicted octanol–water partition coefficient (Wildman–Crippen LogP) is 1.92. The van der Waals surface area contributed by atoms with Crippen LogP contribution in [-0.2, 0) is 16.1 Å². The largest absolute Gasteiger partial charge is 0.376 e. The van der Waals surface area contributed by atoms with Gasteiger partial charge in [-0.3, -0.25) is 9.79 Å².